The molecular formula is C8H12BrClN2. The lowest BCUT2D eigenvalue weighted by molar-refractivity contribution is 0.701. The second-order valence-electron chi connectivity index (χ2n) is 2.56. The molecule has 4 heteroatoms. The number of imidazole rings is 1. The van der Waals surface area contributed by atoms with Crippen molar-refractivity contribution in [2.45, 2.75) is 26.3 Å². The maximum absolute atomic E-state index is 5.91. The summed E-state index contributed by atoms with van der Waals surface area (Å²) in [5, 5.41) is 1.66. The van der Waals surface area contributed by atoms with Crippen LogP contribution in [0.3, 0.4) is 0 Å². The maximum atomic E-state index is 5.91. The van der Waals surface area contributed by atoms with Gasteiger partial charge >= 0.3 is 0 Å². The molecule has 0 radical (unpaired) electrons. The van der Waals surface area contributed by atoms with Crippen molar-refractivity contribution >= 4 is 27.5 Å². The van der Waals surface area contributed by atoms with Crippen LogP contribution >= 0.6 is 27.5 Å². The molecule has 1 aromatic rings. The minimum Gasteiger partial charge on any atom is -0.333 e. The summed E-state index contributed by atoms with van der Waals surface area (Å²) in [5.74, 6) is 0. The van der Waals surface area contributed by atoms with E-state index in [0.29, 0.717) is 5.15 Å². The summed E-state index contributed by atoms with van der Waals surface area (Å²) in [5.41, 5.74) is 1.15. The van der Waals surface area contributed by atoms with E-state index in [0.717, 1.165) is 30.4 Å². The third kappa shape index (κ3) is 2.23. The van der Waals surface area contributed by atoms with Crippen LogP contribution in [-0.2, 0) is 13.0 Å². The van der Waals surface area contributed by atoms with Gasteiger partial charge in [0.2, 0.25) is 0 Å². The molecular weight excluding hydrogens is 239 g/mol. The van der Waals surface area contributed by atoms with Crippen LogP contribution in [0.1, 0.15) is 19.0 Å². The summed E-state index contributed by atoms with van der Waals surface area (Å²) in [6, 6.07) is 0. The quantitative estimate of drug-likeness (QED) is 0.753. The molecule has 0 aromatic carbocycles. The number of hydrogen-bond donors (Lipinski definition) is 0. The topological polar surface area (TPSA) is 17.8 Å². The Morgan fingerprint density at radius 3 is 3.00 bits per heavy atom. The smallest absolute Gasteiger partial charge is 0.150 e. The van der Waals surface area contributed by atoms with Crippen LogP contribution in [0, 0.1) is 0 Å². The molecule has 0 aliphatic carbocycles. The zero-order valence-electron chi connectivity index (χ0n) is 7.06. The van der Waals surface area contributed by atoms with Gasteiger partial charge in [-0.15, -0.1) is 0 Å². The first kappa shape index (κ1) is 10.1. The number of aryl methyl sites for hydroxylation is 1. The summed E-state index contributed by atoms with van der Waals surface area (Å²) in [6.45, 7) is 3.03. The highest BCUT2D eigenvalue weighted by molar-refractivity contribution is 9.09. The molecule has 1 aromatic heterocycles. The lowest BCUT2D eigenvalue weighted by Crippen LogP contribution is -1.99. The largest absolute Gasteiger partial charge is 0.333 e. The van der Waals surface area contributed by atoms with Gasteiger partial charge in [0.1, 0.15) is 5.15 Å². The number of halogens is 2. The molecule has 0 bridgehead atoms. The molecule has 1 heterocycles. The number of rotatable bonds is 4. The summed E-state index contributed by atoms with van der Waals surface area (Å²) < 4.78 is 2.09. The van der Waals surface area contributed by atoms with E-state index in [-0.39, 0.29) is 0 Å². The molecule has 1 rings (SSSR count). The molecule has 0 amide bonds. The minimum absolute atomic E-state index is 0.651. The number of nitrogens with zero attached hydrogens (tertiary/aromatic N) is 2. The Labute approximate surface area is 86.1 Å². The lowest BCUT2D eigenvalue weighted by Gasteiger charge is -2.03. The van der Waals surface area contributed by atoms with Crippen LogP contribution in [0.15, 0.2) is 6.33 Å². The second kappa shape index (κ2) is 4.87. The summed E-state index contributed by atoms with van der Waals surface area (Å²) in [4.78, 5) is 4.05. The fourth-order valence-electron chi connectivity index (χ4n) is 1.14. The zero-order valence-corrected chi connectivity index (χ0v) is 9.40. The van der Waals surface area contributed by atoms with Gasteiger partial charge in [-0.3, -0.25) is 0 Å². The Hall–Kier alpha value is -0.0200. The lowest BCUT2D eigenvalue weighted by atomic mass is 10.3. The molecule has 0 aliphatic rings. The van der Waals surface area contributed by atoms with Gasteiger partial charge in [0.25, 0.3) is 0 Å². The standard InChI is InChI=1S/C8H12BrClN2/c1-2-12-6-11-8(10)7(12)4-3-5-9/h6H,2-5H2,1H3. The summed E-state index contributed by atoms with van der Waals surface area (Å²) in [7, 11) is 0. The van der Waals surface area contributed by atoms with Crippen molar-refractivity contribution in [2.24, 2.45) is 0 Å². The number of hydrogen-bond acceptors (Lipinski definition) is 1. The third-order valence-electron chi connectivity index (χ3n) is 1.78. The van der Waals surface area contributed by atoms with E-state index in [1.807, 2.05) is 0 Å². The average Bonchev–Trinajstić information content (AvgIpc) is 2.43. The molecule has 68 valence electrons. The highest BCUT2D eigenvalue weighted by Gasteiger charge is 2.06. The summed E-state index contributed by atoms with van der Waals surface area (Å²) >= 11 is 9.31. The van der Waals surface area contributed by atoms with Gasteiger partial charge in [-0.2, -0.15) is 0 Å². The molecule has 0 saturated carbocycles. The van der Waals surface area contributed by atoms with Gasteiger partial charge in [-0.05, 0) is 19.8 Å². The van der Waals surface area contributed by atoms with Gasteiger partial charge < -0.3 is 4.57 Å². The van der Waals surface area contributed by atoms with Crippen molar-refractivity contribution in [3.8, 4) is 0 Å². The third-order valence-corrected chi connectivity index (χ3v) is 2.66. The number of aromatic nitrogens is 2. The van der Waals surface area contributed by atoms with Crippen LogP contribution in [-0.4, -0.2) is 14.9 Å². The van der Waals surface area contributed by atoms with Gasteiger partial charge in [0.15, 0.2) is 0 Å². The van der Waals surface area contributed by atoms with E-state index in [2.05, 4.69) is 32.4 Å². The zero-order chi connectivity index (χ0) is 8.97. The van der Waals surface area contributed by atoms with Gasteiger partial charge in [-0.1, -0.05) is 27.5 Å². The molecule has 0 unspecified atom stereocenters. The van der Waals surface area contributed by atoms with Crippen LogP contribution in [0.2, 0.25) is 5.15 Å². The number of alkyl halides is 1. The molecule has 12 heavy (non-hydrogen) atoms. The van der Waals surface area contributed by atoms with Crippen molar-refractivity contribution in [3.05, 3.63) is 17.2 Å². The molecule has 0 fully saturated rings. The van der Waals surface area contributed by atoms with Crippen LogP contribution < -0.4 is 0 Å². The van der Waals surface area contributed by atoms with Gasteiger partial charge in [-0.25, -0.2) is 4.98 Å². The van der Waals surface area contributed by atoms with Crippen molar-refractivity contribution in [1.82, 2.24) is 9.55 Å². The fraction of sp³-hybridized carbons (Fsp3) is 0.625. The van der Waals surface area contributed by atoms with E-state index in [9.17, 15) is 0 Å². The van der Waals surface area contributed by atoms with Crippen LogP contribution in [0.25, 0.3) is 0 Å². The SMILES string of the molecule is CCn1cnc(Cl)c1CCCBr. The highest BCUT2D eigenvalue weighted by atomic mass is 79.9. The predicted octanol–water partition coefficient (Wildman–Crippen LogP) is 2.88. The van der Waals surface area contributed by atoms with Gasteiger partial charge in [0, 0.05) is 11.9 Å². The molecule has 2 nitrogen and oxygen atoms in total. The Morgan fingerprint density at radius 2 is 2.42 bits per heavy atom. The Kier molecular flexibility index (Phi) is 4.09. The Morgan fingerprint density at radius 1 is 1.67 bits per heavy atom. The minimum atomic E-state index is 0.651. The predicted molar refractivity (Wildman–Crippen MR) is 55.0 cm³/mol. The summed E-state index contributed by atoms with van der Waals surface area (Å²) in [6.07, 6.45) is 3.90. The maximum Gasteiger partial charge on any atom is 0.150 e. The molecule has 0 saturated heterocycles. The first-order valence-corrected chi connectivity index (χ1v) is 5.55. The molecule has 0 atom stereocenters. The Balaban J connectivity index is 2.72. The van der Waals surface area contributed by atoms with Crippen molar-refractivity contribution in [2.75, 3.05) is 5.33 Å². The monoisotopic (exact) mass is 250 g/mol. The Bertz CT molecular complexity index is 247. The highest BCUT2D eigenvalue weighted by Crippen LogP contribution is 2.15. The van der Waals surface area contributed by atoms with E-state index in [1.165, 1.54) is 0 Å². The van der Waals surface area contributed by atoms with Crippen molar-refractivity contribution in [1.29, 1.82) is 0 Å². The van der Waals surface area contributed by atoms with Crippen LogP contribution in [0.5, 0.6) is 0 Å². The van der Waals surface area contributed by atoms with E-state index in [4.69, 9.17) is 11.6 Å². The van der Waals surface area contributed by atoms with Gasteiger partial charge in [0.05, 0.1) is 12.0 Å². The average molecular weight is 252 g/mol. The first-order chi connectivity index (χ1) is 5.79. The second-order valence-corrected chi connectivity index (χ2v) is 3.71. The molecule has 0 N–H and O–H groups in total. The molecule has 0 aliphatic heterocycles. The van der Waals surface area contributed by atoms with Crippen molar-refractivity contribution < 1.29 is 0 Å². The first-order valence-electron chi connectivity index (χ1n) is 4.05. The normalized spacial score (nSPS) is 10.6. The van der Waals surface area contributed by atoms with E-state index in [1.54, 1.807) is 6.33 Å². The molecule has 0 spiro atoms. The van der Waals surface area contributed by atoms with E-state index >= 15 is 0 Å². The van der Waals surface area contributed by atoms with Crippen LogP contribution in [0.4, 0.5) is 0 Å². The van der Waals surface area contributed by atoms with Crippen molar-refractivity contribution in [3.63, 3.8) is 0 Å². The fourth-order valence-corrected chi connectivity index (χ4v) is 1.66. The van der Waals surface area contributed by atoms with E-state index < -0.39 is 0 Å².